The first-order valence-corrected chi connectivity index (χ1v) is 9.44. The highest BCUT2D eigenvalue weighted by molar-refractivity contribution is 5.92. The molecule has 3 nitrogen and oxygen atoms in total. The zero-order chi connectivity index (χ0) is 16.2. The van der Waals surface area contributed by atoms with Gasteiger partial charge in [0.15, 0.2) is 0 Å². The van der Waals surface area contributed by atoms with Gasteiger partial charge in [-0.3, -0.25) is 4.79 Å². The zero-order valence-electron chi connectivity index (χ0n) is 14.2. The standard InChI is InChI=1S/C20H28O3/c1-18-6-5-15-12(16(18)13-9-14(13)17(18)22)4-8-20(23)10-11(21)3-7-19(15,20)2/h4,8,11-16,21,23H,3,5-7,9-10H2,1-2H3/t11-,12+,13-,14+,15-,16+,18-,19+,20-/m0/s1. The number of hydrogen-bond donors (Lipinski definition) is 2. The molecule has 4 fully saturated rings. The van der Waals surface area contributed by atoms with Crippen LogP contribution in [0.4, 0.5) is 0 Å². The van der Waals surface area contributed by atoms with Crippen LogP contribution in [0, 0.1) is 40.4 Å². The quantitative estimate of drug-likeness (QED) is 0.676. The Kier molecular flexibility index (Phi) is 2.62. The smallest absolute Gasteiger partial charge is 0.142 e. The fourth-order valence-corrected chi connectivity index (χ4v) is 7.28. The van der Waals surface area contributed by atoms with E-state index in [-0.39, 0.29) is 16.9 Å². The van der Waals surface area contributed by atoms with E-state index in [0.29, 0.717) is 41.8 Å². The largest absolute Gasteiger partial charge is 0.393 e. The van der Waals surface area contributed by atoms with Gasteiger partial charge in [0.1, 0.15) is 5.78 Å². The van der Waals surface area contributed by atoms with Gasteiger partial charge < -0.3 is 10.2 Å². The SMILES string of the molecule is C[C@]12CC[C@H]3[C@@H](C=C[C@]4(O)C[C@@H](O)CC[C@]34C)[C@@H]1[C@H]1C[C@H]1C2=O. The number of ketones is 1. The van der Waals surface area contributed by atoms with Gasteiger partial charge in [-0.1, -0.05) is 26.0 Å². The maximum absolute atomic E-state index is 12.7. The first kappa shape index (κ1) is 14.7. The van der Waals surface area contributed by atoms with Gasteiger partial charge in [-0.15, -0.1) is 0 Å². The Morgan fingerprint density at radius 2 is 2.00 bits per heavy atom. The molecule has 9 atom stereocenters. The molecule has 0 saturated heterocycles. The number of allylic oxidation sites excluding steroid dienone is 1. The normalized spacial score (nSPS) is 63.0. The Balaban J connectivity index is 1.58. The van der Waals surface area contributed by atoms with E-state index >= 15 is 0 Å². The molecular formula is C20H28O3. The van der Waals surface area contributed by atoms with E-state index < -0.39 is 5.60 Å². The van der Waals surface area contributed by atoms with Crippen molar-refractivity contribution in [2.75, 3.05) is 0 Å². The van der Waals surface area contributed by atoms with Crippen molar-refractivity contribution in [3.05, 3.63) is 12.2 Å². The van der Waals surface area contributed by atoms with Crippen molar-refractivity contribution >= 4 is 5.78 Å². The van der Waals surface area contributed by atoms with E-state index in [9.17, 15) is 15.0 Å². The molecule has 23 heavy (non-hydrogen) atoms. The predicted octanol–water partition coefficient (Wildman–Crippen LogP) is 2.71. The number of aliphatic hydroxyl groups excluding tert-OH is 1. The van der Waals surface area contributed by atoms with Crippen LogP contribution in [0.25, 0.3) is 0 Å². The second-order valence-electron chi connectivity index (χ2n) is 9.63. The third-order valence-corrected chi connectivity index (χ3v) is 8.74. The Morgan fingerprint density at radius 1 is 1.22 bits per heavy atom. The summed E-state index contributed by atoms with van der Waals surface area (Å²) >= 11 is 0. The van der Waals surface area contributed by atoms with Crippen molar-refractivity contribution in [1.29, 1.82) is 0 Å². The Bertz CT molecular complexity index is 612. The van der Waals surface area contributed by atoms with Gasteiger partial charge in [0.05, 0.1) is 11.7 Å². The molecule has 0 unspecified atom stereocenters. The lowest BCUT2D eigenvalue weighted by molar-refractivity contribution is -0.169. The second-order valence-corrected chi connectivity index (χ2v) is 9.63. The molecule has 5 aliphatic carbocycles. The molecule has 2 N–H and O–H groups in total. The highest BCUT2D eigenvalue weighted by atomic mass is 16.3. The van der Waals surface area contributed by atoms with Gasteiger partial charge in [0.2, 0.25) is 0 Å². The molecule has 126 valence electrons. The minimum absolute atomic E-state index is 0.112. The number of carbonyl (C=O) groups is 1. The van der Waals surface area contributed by atoms with Crippen molar-refractivity contribution < 1.29 is 15.0 Å². The van der Waals surface area contributed by atoms with Crippen molar-refractivity contribution in [3.63, 3.8) is 0 Å². The van der Waals surface area contributed by atoms with Gasteiger partial charge in [0.25, 0.3) is 0 Å². The molecule has 0 radical (unpaired) electrons. The molecule has 0 amide bonds. The van der Waals surface area contributed by atoms with Crippen LogP contribution >= 0.6 is 0 Å². The monoisotopic (exact) mass is 316 g/mol. The van der Waals surface area contributed by atoms with Crippen LogP contribution in [0.3, 0.4) is 0 Å². The summed E-state index contributed by atoms with van der Waals surface area (Å²) in [7, 11) is 0. The zero-order valence-corrected chi connectivity index (χ0v) is 14.2. The van der Waals surface area contributed by atoms with Gasteiger partial charge in [-0.05, 0) is 55.8 Å². The Hall–Kier alpha value is -0.670. The van der Waals surface area contributed by atoms with E-state index in [1.165, 1.54) is 0 Å². The first-order chi connectivity index (χ1) is 10.8. The molecule has 5 rings (SSSR count). The number of fused-ring (bicyclic) bond motifs is 7. The third-order valence-electron chi connectivity index (χ3n) is 8.74. The molecular weight excluding hydrogens is 288 g/mol. The molecule has 5 aliphatic rings. The number of carbonyl (C=O) groups excluding carboxylic acids is 1. The van der Waals surface area contributed by atoms with Crippen molar-refractivity contribution in [2.45, 2.75) is 64.1 Å². The summed E-state index contributed by atoms with van der Waals surface area (Å²) in [5.41, 5.74) is -1.13. The summed E-state index contributed by atoms with van der Waals surface area (Å²) in [6, 6.07) is 0. The fraction of sp³-hybridized carbons (Fsp3) is 0.850. The maximum Gasteiger partial charge on any atom is 0.142 e. The summed E-state index contributed by atoms with van der Waals surface area (Å²) < 4.78 is 0. The van der Waals surface area contributed by atoms with Crippen LogP contribution in [0.5, 0.6) is 0 Å². The molecule has 0 aromatic heterocycles. The Labute approximate surface area is 138 Å². The van der Waals surface area contributed by atoms with Crippen molar-refractivity contribution in [1.82, 2.24) is 0 Å². The number of hydrogen-bond acceptors (Lipinski definition) is 3. The highest BCUT2D eigenvalue weighted by Gasteiger charge is 2.71. The topological polar surface area (TPSA) is 57.5 Å². The molecule has 0 aromatic carbocycles. The molecule has 0 bridgehead atoms. The lowest BCUT2D eigenvalue weighted by atomic mass is 9.45. The molecule has 0 aromatic rings. The second kappa shape index (κ2) is 4.11. The summed E-state index contributed by atoms with van der Waals surface area (Å²) in [4.78, 5) is 12.7. The van der Waals surface area contributed by atoms with Crippen LogP contribution < -0.4 is 0 Å². The van der Waals surface area contributed by atoms with Crippen molar-refractivity contribution in [3.8, 4) is 0 Å². The average molecular weight is 316 g/mol. The minimum Gasteiger partial charge on any atom is -0.393 e. The maximum atomic E-state index is 12.7. The number of Topliss-reactive ketones (excluding diaryl/α,β-unsaturated/α-hetero) is 1. The average Bonchev–Trinajstić information content (AvgIpc) is 3.23. The van der Waals surface area contributed by atoms with Gasteiger partial charge in [0, 0.05) is 23.2 Å². The summed E-state index contributed by atoms with van der Waals surface area (Å²) in [5, 5.41) is 21.3. The summed E-state index contributed by atoms with van der Waals surface area (Å²) in [5.74, 6) is 2.87. The summed E-state index contributed by atoms with van der Waals surface area (Å²) in [6.07, 6.45) is 9.15. The van der Waals surface area contributed by atoms with Gasteiger partial charge in [-0.2, -0.15) is 0 Å². The molecule has 3 heteroatoms. The molecule has 0 spiro atoms. The lowest BCUT2D eigenvalue weighted by Gasteiger charge is -2.61. The van der Waals surface area contributed by atoms with E-state index in [4.69, 9.17) is 0 Å². The van der Waals surface area contributed by atoms with Crippen molar-refractivity contribution in [2.24, 2.45) is 40.4 Å². The lowest BCUT2D eigenvalue weighted by Crippen LogP contribution is -2.61. The van der Waals surface area contributed by atoms with E-state index in [2.05, 4.69) is 19.9 Å². The fourth-order valence-electron chi connectivity index (χ4n) is 7.28. The van der Waals surface area contributed by atoms with Gasteiger partial charge >= 0.3 is 0 Å². The number of rotatable bonds is 0. The minimum atomic E-state index is -0.870. The molecule has 4 saturated carbocycles. The van der Waals surface area contributed by atoms with E-state index in [0.717, 1.165) is 32.1 Å². The van der Waals surface area contributed by atoms with Crippen LogP contribution in [0.15, 0.2) is 12.2 Å². The van der Waals surface area contributed by atoms with Crippen LogP contribution in [0.2, 0.25) is 0 Å². The Morgan fingerprint density at radius 3 is 2.78 bits per heavy atom. The predicted molar refractivity (Wildman–Crippen MR) is 86.5 cm³/mol. The van der Waals surface area contributed by atoms with Crippen LogP contribution in [-0.2, 0) is 4.79 Å². The van der Waals surface area contributed by atoms with E-state index in [1.807, 2.05) is 6.08 Å². The highest BCUT2D eigenvalue weighted by Crippen LogP contribution is 2.71. The molecule has 0 heterocycles. The van der Waals surface area contributed by atoms with Crippen LogP contribution in [0.1, 0.15) is 52.4 Å². The summed E-state index contributed by atoms with van der Waals surface area (Å²) in [6.45, 7) is 4.45. The van der Waals surface area contributed by atoms with Gasteiger partial charge in [-0.25, -0.2) is 0 Å². The third kappa shape index (κ3) is 1.57. The van der Waals surface area contributed by atoms with Crippen LogP contribution in [-0.4, -0.2) is 27.7 Å². The number of aliphatic hydroxyl groups is 2. The van der Waals surface area contributed by atoms with E-state index in [1.54, 1.807) is 0 Å². The first-order valence-electron chi connectivity index (χ1n) is 9.44. The molecule has 0 aliphatic heterocycles.